The highest BCUT2D eigenvalue weighted by Gasteiger charge is 2.24. The van der Waals surface area contributed by atoms with Gasteiger partial charge in [-0.3, -0.25) is 4.79 Å². The number of amides is 1. The van der Waals surface area contributed by atoms with Crippen LogP contribution in [0, 0.1) is 0 Å². The molecule has 116 valence electrons. The highest BCUT2D eigenvalue weighted by molar-refractivity contribution is 6.07. The predicted octanol–water partition coefficient (Wildman–Crippen LogP) is 3.43. The van der Waals surface area contributed by atoms with Gasteiger partial charge < -0.3 is 14.6 Å². The monoisotopic (exact) mass is 306 g/mol. The van der Waals surface area contributed by atoms with Crippen molar-refractivity contribution >= 4 is 16.8 Å². The van der Waals surface area contributed by atoms with E-state index in [0.29, 0.717) is 12.2 Å². The SMILES string of the molecule is Cn1cc(C(=O)N[C@@H]2CCOc3ccccc32)c2ccccc21. The fraction of sp³-hybridized carbons (Fsp3) is 0.211. The Kier molecular flexibility index (Phi) is 3.30. The zero-order valence-corrected chi connectivity index (χ0v) is 13.0. The minimum Gasteiger partial charge on any atom is -0.493 e. The molecule has 23 heavy (non-hydrogen) atoms. The van der Waals surface area contributed by atoms with Crippen LogP contribution in [0.5, 0.6) is 5.75 Å². The number of rotatable bonds is 2. The molecule has 1 aromatic heterocycles. The first kappa shape index (κ1) is 13.9. The smallest absolute Gasteiger partial charge is 0.253 e. The van der Waals surface area contributed by atoms with Crippen molar-refractivity contribution in [3.63, 3.8) is 0 Å². The molecular formula is C19H18N2O2. The summed E-state index contributed by atoms with van der Waals surface area (Å²) in [5.74, 6) is 0.825. The maximum atomic E-state index is 12.8. The van der Waals surface area contributed by atoms with E-state index in [1.807, 2.05) is 66.3 Å². The highest BCUT2D eigenvalue weighted by atomic mass is 16.5. The Bertz CT molecular complexity index is 882. The van der Waals surface area contributed by atoms with Gasteiger partial charge in [0.05, 0.1) is 18.2 Å². The van der Waals surface area contributed by atoms with Crippen molar-refractivity contribution in [1.82, 2.24) is 9.88 Å². The molecule has 4 nitrogen and oxygen atoms in total. The Morgan fingerprint density at radius 3 is 2.87 bits per heavy atom. The molecule has 4 heteroatoms. The molecule has 3 aromatic rings. The Morgan fingerprint density at radius 1 is 1.17 bits per heavy atom. The Hall–Kier alpha value is -2.75. The molecule has 2 aromatic carbocycles. The van der Waals surface area contributed by atoms with E-state index < -0.39 is 0 Å². The Balaban J connectivity index is 1.66. The van der Waals surface area contributed by atoms with Crippen molar-refractivity contribution in [2.24, 2.45) is 7.05 Å². The summed E-state index contributed by atoms with van der Waals surface area (Å²) in [4.78, 5) is 12.8. The van der Waals surface area contributed by atoms with Crippen LogP contribution in [0.3, 0.4) is 0 Å². The van der Waals surface area contributed by atoms with Crippen LogP contribution in [0.1, 0.15) is 28.4 Å². The molecular weight excluding hydrogens is 288 g/mol. The summed E-state index contributed by atoms with van der Waals surface area (Å²) in [6, 6.07) is 15.8. The summed E-state index contributed by atoms with van der Waals surface area (Å²) in [6.07, 6.45) is 2.68. The number of aromatic nitrogens is 1. The van der Waals surface area contributed by atoms with Crippen LogP contribution >= 0.6 is 0 Å². The van der Waals surface area contributed by atoms with Gasteiger partial charge in [-0.1, -0.05) is 36.4 Å². The number of fused-ring (bicyclic) bond motifs is 2. The minimum absolute atomic E-state index is 0.00795. The number of benzene rings is 2. The lowest BCUT2D eigenvalue weighted by molar-refractivity contribution is 0.0926. The first-order valence-electron chi connectivity index (χ1n) is 7.80. The van der Waals surface area contributed by atoms with Crippen molar-refractivity contribution in [1.29, 1.82) is 0 Å². The Morgan fingerprint density at radius 2 is 1.96 bits per heavy atom. The summed E-state index contributed by atoms with van der Waals surface area (Å²) in [5.41, 5.74) is 2.82. The highest BCUT2D eigenvalue weighted by Crippen LogP contribution is 2.32. The van der Waals surface area contributed by atoms with E-state index >= 15 is 0 Å². The summed E-state index contributed by atoms with van der Waals surface area (Å²) in [6.45, 7) is 0.623. The van der Waals surface area contributed by atoms with E-state index in [1.54, 1.807) is 0 Å². The lowest BCUT2D eigenvalue weighted by Gasteiger charge is -2.26. The maximum Gasteiger partial charge on any atom is 0.253 e. The molecule has 1 atom stereocenters. The van der Waals surface area contributed by atoms with Gasteiger partial charge in [0.1, 0.15) is 5.75 Å². The van der Waals surface area contributed by atoms with E-state index in [1.165, 1.54) is 0 Å². The lowest BCUT2D eigenvalue weighted by atomic mass is 10.00. The quantitative estimate of drug-likeness (QED) is 0.788. The van der Waals surface area contributed by atoms with Crippen molar-refractivity contribution in [2.75, 3.05) is 6.61 Å². The van der Waals surface area contributed by atoms with Crippen LogP contribution in [0.4, 0.5) is 0 Å². The van der Waals surface area contributed by atoms with Crippen molar-refractivity contribution in [3.05, 3.63) is 65.9 Å². The maximum absolute atomic E-state index is 12.8. The number of carbonyl (C=O) groups is 1. The molecule has 2 heterocycles. The summed E-state index contributed by atoms with van der Waals surface area (Å²) < 4.78 is 7.65. The van der Waals surface area contributed by atoms with E-state index in [4.69, 9.17) is 4.74 Å². The molecule has 1 amide bonds. The van der Waals surface area contributed by atoms with Crippen LogP contribution < -0.4 is 10.1 Å². The summed E-state index contributed by atoms with van der Waals surface area (Å²) in [5, 5.41) is 4.14. The molecule has 0 saturated heterocycles. The first-order valence-corrected chi connectivity index (χ1v) is 7.80. The van der Waals surface area contributed by atoms with Crippen LogP contribution in [0.25, 0.3) is 10.9 Å². The third-order valence-corrected chi connectivity index (χ3v) is 4.41. The van der Waals surface area contributed by atoms with Crippen molar-refractivity contribution < 1.29 is 9.53 Å². The number of ether oxygens (including phenoxy) is 1. The summed E-state index contributed by atoms with van der Waals surface area (Å²) in [7, 11) is 1.96. The lowest BCUT2D eigenvalue weighted by Crippen LogP contribution is -2.32. The number of para-hydroxylation sites is 2. The molecule has 1 aliphatic heterocycles. The van der Waals surface area contributed by atoms with Gasteiger partial charge in [-0.05, 0) is 12.1 Å². The standard InChI is InChI=1S/C19H18N2O2/c1-21-12-15(13-6-2-4-8-17(13)21)19(22)20-16-10-11-23-18-9-5-3-7-14(16)18/h2-9,12,16H,10-11H2,1H3,(H,20,22)/t16-/m1/s1. The second-order valence-corrected chi connectivity index (χ2v) is 5.87. The van der Waals surface area contributed by atoms with Crippen LogP contribution in [-0.2, 0) is 7.05 Å². The number of hydrogen-bond acceptors (Lipinski definition) is 2. The second-order valence-electron chi connectivity index (χ2n) is 5.87. The van der Waals surface area contributed by atoms with E-state index in [9.17, 15) is 4.79 Å². The molecule has 0 saturated carbocycles. The fourth-order valence-electron chi connectivity index (χ4n) is 3.25. The van der Waals surface area contributed by atoms with Crippen LogP contribution in [0.15, 0.2) is 54.7 Å². The average Bonchev–Trinajstić information content (AvgIpc) is 2.93. The van der Waals surface area contributed by atoms with Crippen molar-refractivity contribution in [2.45, 2.75) is 12.5 Å². The van der Waals surface area contributed by atoms with E-state index in [-0.39, 0.29) is 11.9 Å². The average molecular weight is 306 g/mol. The molecule has 0 aliphatic carbocycles. The third kappa shape index (κ3) is 2.36. The van der Waals surface area contributed by atoms with E-state index in [2.05, 4.69) is 5.32 Å². The number of hydrogen-bond donors (Lipinski definition) is 1. The van der Waals surface area contributed by atoms with Gasteiger partial charge in [0.2, 0.25) is 0 Å². The minimum atomic E-state index is -0.0384. The van der Waals surface area contributed by atoms with Gasteiger partial charge in [0.15, 0.2) is 0 Å². The number of carbonyl (C=O) groups excluding carboxylic acids is 1. The third-order valence-electron chi connectivity index (χ3n) is 4.41. The molecule has 0 fully saturated rings. The zero-order chi connectivity index (χ0) is 15.8. The topological polar surface area (TPSA) is 43.3 Å². The van der Waals surface area contributed by atoms with Crippen LogP contribution in [0.2, 0.25) is 0 Å². The van der Waals surface area contributed by atoms with E-state index in [0.717, 1.165) is 28.6 Å². The van der Waals surface area contributed by atoms with Crippen molar-refractivity contribution in [3.8, 4) is 5.75 Å². The van der Waals surface area contributed by atoms with Gasteiger partial charge >= 0.3 is 0 Å². The fourth-order valence-corrected chi connectivity index (χ4v) is 3.25. The first-order chi connectivity index (χ1) is 11.2. The van der Waals surface area contributed by atoms with Gasteiger partial charge in [-0.15, -0.1) is 0 Å². The molecule has 1 aliphatic rings. The van der Waals surface area contributed by atoms with Gasteiger partial charge in [0.25, 0.3) is 5.91 Å². The molecule has 0 spiro atoms. The number of nitrogens with zero attached hydrogens (tertiary/aromatic N) is 1. The normalized spacial score (nSPS) is 16.7. The second kappa shape index (κ2) is 5.47. The summed E-state index contributed by atoms with van der Waals surface area (Å²) >= 11 is 0. The largest absolute Gasteiger partial charge is 0.493 e. The van der Waals surface area contributed by atoms with Crippen LogP contribution in [-0.4, -0.2) is 17.1 Å². The van der Waals surface area contributed by atoms with Gasteiger partial charge in [0, 0.05) is 36.1 Å². The van der Waals surface area contributed by atoms with Gasteiger partial charge in [-0.2, -0.15) is 0 Å². The molecule has 1 N–H and O–H groups in total. The molecule has 0 radical (unpaired) electrons. The number of aryl methyl sites for hydroxylation is 1. The zero-order valence-electron chi connectivity index (χ0n) is 13.0. The van der Waals surface area contributed by atoms with Gasteiger partial charge in [-0.25, -0.2) is 0 Å². The predicted molar refractivity (Wildman–Crippen MR) is 89.7 cm³/mol. The molecule has 0 bridgehead atoms. The molecule has 0 unspecified atom stereocenters. The Labute approximate surface area is 134 Å². The molecule has 4 rings (SSSR count). The number of nitrogens with one attached hydrogen (secondary N) is 1.